The zero-order chi connectivity index (χ0) is 34.4. The summed E-state index contributed by atoms with van der Waals surface area (Å²) >= 11 is 0. The van der Waals surface area contributed by atoms with Gasteiger partial charge in [0.1, 0.15) is 10.9 Å². The molecule has 0 amide bonds. The molecule has 0 aliphatic carbocycles. The molecule has 52 heavy (non-hydrogen) atoms. The van der Waals surface area contributed by atoms with Crippen LogP contribution in [0, 0.1) is 0 Å². The standard InChI is InChI=1S/C46H27N4OP/c51-52(39-23-21-30-19-17-28-10-7-25-47-42(28)44(30)49-39,40-24-22-31-20-18-29-11-8-26-48-43(29)45(31)50-40)46-33-12-2-1-9-32(33)27-38-36-15-4-3-13-34(36)35-14-5-6-16-37(35)41(38)46/h1-27H. The van der Waals surface area contributed by atoms with Crippen LogP contribution in [0.4, 0.5) is 0 Å². The van der Waals surface area contributed by atoms with Gasteiger partial charge in [-0.15, -0.1) is 0 Å². The highest BCUT2D eigenvalue weighted by molar-refractivity contribution is 7.85. The number of aromatic nitrogens is 4. The van der Waals surface area contributed by atoms with Crippen LogP contribution in [0.1, 0.15) is 0 Å². The van der Waals surface area contributed by atoms with Crippen molar-refractivity contribution in [3.8, 4) is 0 Å². The van der Waals surface area contributed by atoms with E-state index < -0.39 is 7.14 Å². The Labute approximate surface area is 297 Å². The van der Waals surface area contributed by atoms with Crippen LogP contribution < -0.4 is 16.2 Å². The maximum atomic E-state index is 17.2. The van der Waals surface area contributed by atoms with Crippen molar-refractivity contribution >= 4 is 110 Å². The number of hydrogen-bond donors (Lipinski definition) is 0. The van der Waals surface area contributed by atoms with Gasteiger partial charge in [0.05, 0.1) is 22.1 Å². The predicted molar refractivity (Wildman–Crippen MR) is 217 cm³/mol. The van der Waals surface area contributed by atoms with Crippen LogP contribution in [0.25, 0.3) is 86.7 Å². The lowest BCUT2D eigenvalue weighted by molar-refractivity contribution is 0.592. The molecule has 0 aliphatic rings. The number of hydrogen-bond acceptors (Lipinski definition) is 5. The number of pyridine rings is 4. The number of benzene rings is 7. The first-order valence-corrected chi connectivity index (χ1v) is 19.0. The number of nitrogens with zero attached hydrogens (tertiary/aromatic N) is 4. The van der Waals surface area contributed by atoms with Gasteiger partial charge in [0, 0.05) is 44.6 Å². The molecule has 4 heterocycles. The predicted octanol–water partition coefficient (Wildman–Crippen LogP) is 10.1. The van der Waals surface area contributed by atoms with Crippen molar-refractivity contribution in [2.45, 2.75) is 0 Å². The second kappa shape index (κ2) is 11.0. The van der Waals surface area contributed by atoms with E-state index in [-0.39, 0.29) is 0 Å². The summed E-state index contributed by atoms with van der Waals surface area (Å²) in [4.78, 5) is 20.2. The van der Waals surface area contributed by atoms with Gasteiger partial charge in [-0.05, 0) is 68.0 Å². The fourth-order valence-electron chi connectivity index (χ4n) is 8.15. The molecule has 0 unspecified atom stereocenters. The zero-order valence-electron chi connectivity index (χ0n) is 27.7. The Morgan fingerprint density at radius 3 is 1.37 bits per heavy atom. The van der Waals surface area contributed by atoms with Crippen molar-refractivity contribution in [3.63, 3.8) is 0 Å². The highest BCUT2D eigenvalue weighted by Crippen LogP contribution is 2.49. The second-order valence-corrected chi connectivity index (χ2v) is 15.9. The topological polar surface area (TPSA) is 68.6 Å². The summed E-state index contributed by atoms with van der Waals surface area (Å²) in [5.74, 6) is 0. The van der Waals surface area contributed by atoms with Crippen LogP contribution in [0.2, 0.25) is 0 Å². The minimum absolute atomic E-state index is 0.466. The van der Waals surface area contributed by atoms with Gasteiger partial charge in [-0.25, -0.2) is 9.97 Å². The second-order valence-electron chi connectivity index (χ2n) is 13.3. The van der Waals surface area contributed by atoms with E-state index in [1.54, 1.807) is 12.4 Å². The fraction of sp³-hybridized carbons (Fsp3) is 0. The third-order valence-corrected chi connectivity index (χ3v) is 13.4. The zero-order valence-corrected chi connectivity index (χ0v) is 28.6. The highest BCUT2D eigenvalue weighted by Gasteiger charge is 2.38. The minimum Gasteiger partial charge on any atom is -0.305 e. The summed E-state index contributed by atoms with van der Waals surface area (Å²) in [6.45, 7) is 0. The van der Waals surface area contributed by atoms with Crippen molar-refractivity contribution in [2.24, 2.45) is 0 Å². The highest BCUT2D eigenvalue weighted by atomic mass is 31.2. The SMILES string of the molecule is O=P(c1ccc2ccc3cccnc3c2n1)(c1ccc2ccc3cccnc3c2n1)c1c2ccccc2cc2c3ccccc3c3ccccc3c12. The Hall–Kier alpha value is -6.55. The molecule has 0 spiro atoms. The van der Waals surface area contributed by atoms with Gasteiger partial charge >= 0.3 is 0 Å². The summed E-state index contributed by atoms with van der Waals surface area (Å²) < 4.78 is 17.2. The van der Waals surface area contributed by atoms with Crippen LogP contribution in [0.5, 0.6) is 0 Å². The largest absolute Gasteiger partial charge is 0.305 e. The van der Waals surface area contributed by atoms with E-state index >= 15 is 4.57 Å². The molecule has 6 heteroatoms. The summed E-state index contributed by atoms with van der Waals surface area (Å²) in [5, 5.41) is 12.9. The van der Waals surface area contributed by atoms with Crippen LogP contribution in [-0.2, 0) is 4.57 Å². The molecule has 0 aliphatic heterocycles. The Balaban J connectivity index is 1.38. The smallest absolute Gasteiger partial charge is 0.207 e. The monoisotopic (exact) mass is 682 g/mol. The van der Waals surface area contributed by atoms with Gasteiger partial charge in [-0.1, -0.05) is 121 Å². The molecular formula is C46H27N4OP. The van der Waals surface area contributed by atoms with Gasteiger partial charge in [0.15, 0.2) is 0 Å². The molecule has 11 rings (SSSR count). The van der Waals surface area contributed by atoms with E-state index in [2.05, 4.69) is 91.0 Å². The molecule has 0 bridgehead atoms. The summed E-state index contributed by atoms with van der Waals surface area (Å²) in [5.41, 5.74) is 3.90. The molecule has 0 saturated heterocycles. The first kappa shape index (κ1) is 29.2. The molecule has 4 aromatic heterocycles. The summed E-state index contributed by atoms with van der Waals surface area (Å²) in [6.07, 6.45) is 3.57. The maximum Gasteiger partial charge on any atom is 0.207 e. The van der Waals surface area contributed by atoms with Gasteiger partial charge in [0.2, 0.25) is 7.14 Å². The van der Waals surface area contributed by atoms with Crippen LogP contribution in [-0.4, -0.2) is 19.9 Å². The summed E-state index contributed by atoms with van der Waals surface area (Å²) in [7, 11) is -3.89. The third-order valence-electron chi connectivity index (χ3n) is 10.5. The Bertz CT molecular complexity index is 3240. The molecule has 11 aromatic rings. The van der Waals surface area contributed by atoms with Gasteiger partial charge in [0.25, 0.3) is 0 Å². The molecule has 5 nitrogen and oxygen atoms in total. The van der Waals surface area contributed by atoms with Crippen LogP contribution >= 0.6 is 7.14 Å². The Kier molecular flexibility index (Phi) is 6.16. The van der Waals surface area contributed by atoms with Gasteiger partial charge < -0.3 is 4.57 Å². The van der Waals surface area contributed by atoms with E-state index in [9.17, 15) is 0 Å². The molecule has 0 fully saturated rings. The average molecular weight is 683 g/mol. The summed E-state index contributed by atoms with van der Waals surface area (Å²) in [6, 6.07) is 51.6. The molecular weight excluding hydrogens is 656 g/mol. The molecule has 7 aromatic carbocycles. The van der Waals surface area contributed by atoms with E-state index in [0.717, 1.165) is 81.0 Å². The first-order valence-electron chi connectivity index (χ1n) is 17.3. The van der Waals surface area contributed by atoms with Crippen LogP contribution in [0.3, 0.4) is 0 Å². The number of rotatable bonds is 3. The van der Waals surface area contributed by atoms with E-state index in [1.807, 2.05) is 60.7 Å². The van der Waals surface area contributed by atoms with E-state index in [1.165, 1.54) is 0 Å². The molecule has 0 saturated carbocycles. The number of fused-ring (bicyclic) bond motifs is 13. The minimum atomic E-state index is -3.89. The van der Waals surface area contributed by atoms with E-state index in [4.69, 9.17) is 19.9 Å². The normalized spacial score (nSPS) is 12.3. The fourth-order valence-corrected chi connectivity index (χ4v) is 11.0. The van der Waals surface area contributed by atoms with Gasteiger partial charge in [-0.2, -0.15) is 0 Å². The Morgan fingerprint density at radius 2 is 0.788 bits per heavy atom. The molecule has 0 N–H and O–H groups in total. The maximum absolute atomic E-state index is 17.2. The average Bonchev–Trinajstić information content (AvgIpc) is 3.22. The van der Waals surface area contributed by atoms with E-state index in [0.29, 0.717) is 21.9 Å². The molecule has 242 valence electrons. The van der Waals surface area contributed by atoms with Crippen molar-refractivity contribution < 1.29 is 4.57 Å². The molecule has 0 atom stereocenters. The quantitative estimate of drug-likeness (QED) is 0.105. The lowest BCUT2D eigenvalue weighted by Crippen LogP contribution is -2.30. The third kappa shape index (κ3) is 4.08. The van der Waals surface area contributed by atoms with Crippen molar-refractivity contribution in [1.82, 2.24) is 19.9 Å². The molecule has 0 radical (unpaired) electrons. The first-order chi connectivity index (χ1) is 25.7. The van der Waals surface area contributed by atoms with Crippen LogP contribution in [0.15, 0.2) is 164 Å². The van der Waals surface area contributed by atoms with Crippen molar-refractivity contribution in [3.05, 3.63) is 164 Å². The van der Waals surface area contributed by atoms with Crippen molar-refractivity contribution in [2.75, 3.05) is 0 Å². The Morgan fingerprint density at radius 1 is 0.365 bits per heavy atom. The lowest BCUT2D eigenvalue weighted by Gasteiger charge is -2.24. The van der Waals surface area contributed by atoms with Gasteiger partial charge in [-0.3, -0.25) is 9.97 Å². The lowest BCUT2D eigenvalue weighted by atomic mass is 9.92. The van der Waals surface area contributed by atoms with Crippen molar-refractivity contribution in [1.29, 1.82) is 0 Å².